The van der Waals surface area contributed by atoms with Crippen LogP contribution < -0.4 is 15.7 Å². The minimum atomic E-state index is -0.777. The number of pyridine rings is 3. The van der Waals surface area contributed by atoms with Gasteiger partial charge in [-0.15, -0.1) is 0 Å². The largest absolute Gasteiger partial charge is 0.488 e. The number of fused-ring (bicyclic) bond motifs is 2. The Morgan fingerprint density at radius 2 is 2.14 bits per heavy atom. The van der Waals surface area contributed by atoms with Gasteiger partial charge >= 0.3 is 5.69 Å². The van der Waals surface area contributed by atoms with E-state index < -0.39 is 17.3 Å². The van der Waals surface area contributed by atoms with Crippen LogP contribution in [0.2, 0.25) is 0 Å². The average molecular weight is 384 g/mol. The van der Waals surface area contributed by atoms with Gasteiger partial charge in [-0.2, -0.15) is 0 Å². The van der Waals surface area contributed by atoms with Crippen molar-refractivity contribution >= 4 is 27.9 Å². The first-order chi connectivity index (χ1) is 13.5. The van der Waals surface area contributed by atoms with Gasteiger partial charge in [0.1, 0.15) is 22.5 Å². The van der Waals surface area contributed by atoms with Crippen molar-refractivity contribution in [3.63, 3.8) is 0 Å². The molecule has 2 bridgehead atoms. The number of H-pyrrole nitrogens is 1. The van der Waals surface area contributed by atoms with Gasteiger partial charge in [0.05, 0.1) is 17.8 Å². The van der Waals surface area contributed by atoms with Crippen molar-refractivity contribution < 1.29 is 13.5 Å². The molecule has 8 nitrogen and oxygen atoms in total. The first kappa shape index (κ1) is 16.6. The van der Waals surface area contributed by atoms with Crippen molar-refractivity contribution in [2.75, 3.05) is 11.9 Å². The first-order valence-electron chi connectivity index (χ1n) is 8.68. The number of halogens is 2. The summed E-state index contributed by atoms with van der Waals surface area (Å²) in [4.78, 5) is 27.5. The van der Waals surface area contributed by atoms with Crippen molar-refractivity contribution in [2.45, 2.75) is 19.4 Å². The lowest BCUT2D eigenvalue weighted by Gasteiger charge is -2.18. The Balaban J connectivity index is 1.93. The zero-order valence-corrected chi connectivity index (χ0v) is 14.7. The highest BCUT2D eigenvalue weighted by atomic mass is 19.1. The molecule has 0 fully saturated rings. The topological polar surface area (TPSA) is 97.7 Å². The molecular formula is C18H14F2N6O2. The SMILES string of the molecule is C[C@@H]1CCNc2c(F)cnc3cc(F)c(nc23)-n2c(=O)[nH]c3nccc(c32)O1. The number of imidazole rings is 1. The van der Waals surface area contributed by atoms with E-state index in [9.17, 15) is 13.6 Å². The van der Waals surface area contributed by atoms with Gasteiger partial charge in [0, 0.05) is 31.3 Å². The second-order valence-electron chi connectivity index (χ2n) is 6.56. The summed E-state index contributed by atoms with van der Waals surface area (Å²) < 4.78 is 36.3. The van der Waals surface area contributed by atoms with Crippen molar-refractivity contribution in [2.24, 2.45) is 0 Å². The Morgan fingerprint density at radius 3 is 3.00 bits per heavy atom. The van der Waals surface area contributed by atoms with E-state index in [4.69, 9.17) is 4.74 Å². The third kappa shape index (κ3) is 2.41. The molecule has 0 amide bonds. The van der Waals surface area contributed by atoms with E-state index in [1.165, 1.54) is 6.20 Å². The van der Waals surface area contributed by atoms with E-state index in [0.29, 0.717) is 18.7 Å². The summed E-state index contributed by atoms with van der Waals surface area (Å²) in [6.07, 6.45) is 2.80. The molecule has 10 heteroatoms. The number of hydrogen-bond acceptors (Lipinski definition) is 6. The summed E-state index contributed by atoms with van der Waals surface area (Å²) in [5.74, 6) is -1.31. The van der Waals surface area contributed by atoms with Gasteiger partial charge in [-0.1, -0.05) is 0 Å². The summed E-state index contributed by atoms with van der Waals surface area (Å²) in [6, 6.07) is 2.73. The van der Waals surface area contributed by atoms with E-state index in [0.717, 1.165) is 16.8 Å². The smallest absolute Gasteiger partial charge is 0.333 e. The molecule has 0 aliphatic carbocycles. The molecule has 1 aliphatic heterocycles. The van der Waals surface area contributed by atoms with Crippen LogP contribution in [0.5, 0.6) is 5.75 Å². The molecule has 4 aromatic heterocycles. The van der Waals surface area contributed by atoms with Crippen LogP contribution in [0.3, 0.4) is 0 Å². The van der Waals surface area contributed by atoms with Gasteiger partial charge in [0.25, 0.3) is 0 Å². The number of rotatable bonds is 0. The molecule has 0 unspecified atom stereocenters. The number of aromatic amines is 1. The van der Waals surface area contributed by atoms with Gasteiger partial charge in [-0.25, -0.2) is 28.1 Å². The van der Waals surface area contributed by atoms with Crippen LogP contribution >= 0.6 is 0 Å². The second-order valence-corrected chi connectivity index (χ2v) is 6.56. The Labute approximate surface area is 156 Å². The van der Waals surface area contributed by atoms with E-state index in [-0.39, 0.29) is 39.8 Å². The highest BCUT2D eigenvalue weighted by Gasteiger charge is 2.23. The Kier molecular flexibility index (Phi) is 3.54. The molecule has 2 N–H and O–H groups in total. The molecule has 1 aliphatic rings. The highest BCUT2D eigenvalue weighted by Crippen LogP contribution is 2.30. The summed E-state index contributed by atoms with van der Waals surface area (Å²) in [7, 11) is 0. The third-order valence-electron chi connectivity index (χ3n) is 4.66. The van der Waals surface area contributed by atoms with Gasteiger partial charge in [-0.3, -0.25) is 9.97 Å². The summed E-state index contributed by atoms with van der Waals surface area (Å²) in [5, 5.41) is 2.99. The predicted octanol–water partition coefficient (Wildman–Crippen LogP) is 2.52. The lowest BCUT2D eigenvalue weighted by molar-refractivity contribution is 0.217. The van der Waals surface area contributed by atoms with Crippen LogP contribution in [0, 0.1) is 11.6 Å². The maximum absolute atomic E-state index is 14.9. The molecule has 0 radical (unpaired) electrons. The van der Waals surface area contributed by atoms with Crippen LogP contribution in [0.15, 0.2) is 29.3 Å². The Morgan fingerprint density at radius 1 is 1.29 bits per heavy atom. The summed E-state index contributed by atoms with van der Waals surface area (Å²) in [6.45, 7) is 2.26. The van der Waals surface area contributed by atoms with Crippen molar-refractivity contribution in [1.82, 2.24) is 24.5 Å². The minimum absolute atomic E-state index is 0.102. The minimum Gasteiger partial charge on any atom is -0.488 e. The molecule has 4 aromatic rings. The van der Waals surface area contributed by atoms with Gasteiger partial charge in [0.2, 0.25) is 0 Å². The fourth-order valence-electron chi connectivity index (χ4n) is 3.36. The van der Waals surface area contributed by atoms with Gasteiger partial charge < -0.3 is 10.1 Å². The molecule has 5 heterocycles. The number of aromatic nitrogens is 5. The van der Waals surface area contributed by atoms with Gasteiger partial charge in [0.15, 0.2) is 23.1 Å². The Hall–Kier alpha value is -3.56. The van der Waals surface area contributed by atoms with Crippen LogP contribution in [-0.4, -0.2) is 37.2 Å². The molecule has 0 saturated carbocycles. The van der Waals surface area contributed by atoms with Crippen molar-refractivity contribution in [3.05, 3.63) is 46.6 Å². The van der Waals surface area contributed by atoms with Crippen LogP contribution in [0.25, 0.3) is 28.0 Å². The number of anilines is 1. The number of ether oxygens (including phenoxy) is 1. The third-order valence-corrected chi connectivity index (χ3v) is 4.66. The molecule has 142 valence electrons. The first-order valence-corrected chi connectivity index (χ1v) is 8.68. The average Bonchev–Trinajstić information content (AvgIpc) is 2.99. The molecule has 0 spiro atoms. The lowest BCUT2D eigenvalue weighted by atomic mass is 10.2. The maximum Gasteiger partial charge on any atom is 0.333 e. The zero-order valence-electron chi connectivity index (χ0n) is 14.7. The quantitative estimate of drug-likeness (QED) is 0.484. The van der Waals surface area contributed by atoms with Crippen LogP contribution in [-0.2, 0) is 0 Å². The molecule has 28 heavy (non-hydrogen) atoms. The molecular weight excluding hydrogens is 370 g/mol. The highest BCUT2D eigenvalue weighted by molar-refractivity contribution is 5.89. The summed E-state index contributed by atoms with van der Waals surface area (Å²) in [5.41, 5.74) is 0.293. The zero-order chi connectivity index (χ0) is 19.4. The van der Waals surface area contributed by atoms with Crippen LogP contribution in [0.1, 0.15) is 13.3 Å². The molecule has 0 aromatic carbocycles. The van der Waals surface area contributed by atoms with Crippen molar-refractivity contribution in [3.8, 4) is 11.6 Å². The van der Waals surface area contributed by atoms with Gasteiger partial charge in [-0.05, 0) is 6.92 Å². The number of nitrogens with zero attached hydrogens (tertiary/aromatic N) is 4. The molecule has 0 saturated heterocycles. The fourth-order valence-corrected chi connectivity index (χ4v) is 3.36. The van der Waals surface area contributed by atoms with Crippen molar-refractivity contribution in [1.29, 1.82) is 0 Å². The summed E-state index contributed by atoms with van der Waals surface area (Å²) >= 11 is 0. The number of hydrogen-bond donors (Lipinski definition) is 2. The predicted molar refractivity (Wildman–Crippen MR) is 97.9 cm³/mol. The standard InChI is InChI=1S/C18H14F2N6O2/c1-8-2-4-21-13-10(20)7-23-11-6-9(19)17(24-14(11)13)26-15-12(28-8)3-5-22-16(15)25-18(26)27/h3,5-8,21H,2,4H2,1H3,(H,22,25,27)/t8-/m1/s1. The Bertz CT molecular complexity index is 1300. The maximum atomic E-state index is 14.9. The fraction of sp³-hybridized carbons (Fsp3) is 0.222. The second kappa shape index (κ2) is 5.98. The van der Waals surface area contributed by atoms with E-state index in [2.05, 4.69) is 25.3 Å². The monoisotopic (exact) mass is 384 g/mol. The molecule has 5 rings (SSSR count). The van der Waals surface area contributed by atoms with E-state index in [1.807, 2.05) is 6.92 Å². The van der Waals surface area contributed by atoms with E-state index in [1.54, 1.807) is 6.07 Å². The number of nitrogens with one attached hydrogen (secondary N) is 2. The normalized spacial score (nSPS) is 16.5. The molecule has 1 atom stereocenters. The van der Waals surface area contributed by atoms with Crippen LogP contribution in [0.4, 0.5) is 14.5 Å². The lowest BCUT2D eigenvalue weighted by Crippen LogP contribution is -2.21. The van der Waals surface area contributed by atoms with E-state index >= 15 is 0 Å².